The summed E-state index contributed by atoms with van der Waals surface area (Å²) in [7, 11) is 0. The maximum absolute atomic E-state index is 10.6. The SMILES string of the molecule is CC(O)c1cn(CC2CCN(Cc3nc4c(s3)CCCC4)CC2)nn1.O=C(O)C(F)(F)F. The van der Waals surface area contributed by atoms with Gasteiger partial charge in [0.15, 0.2) is 0 Å². The third-order valence-corrected chi connectivity index (χ3v) is 6.77. The lowest BCUT2D eigenvalue weighted by molar-refractivity contribution is -0.192. The fraction of sp³-hybridized carbons (Fsp3) is 0.700. The summed E-state index contributed by atoms with van der Waals surface area (Å²) < 4.78 is 33.6. The van der Waals surface area contributed by atoms with Gasteiger partial charge < -0.3 is 10.2 Å². The lowest BCUT2D eigenvalue weighted by atomic mass is 9.97. The van der Waals surface area contributed by atoms with E-state index in [0.29, 0.717) is 11.6 Å². The highest BCUT2D eigenvalue weighted by molar-refractivity contribution is 7.11. The summed E-state index contributed by atoms with van der Waals surface area (Å²) in [4.78, 5) is 17.9. The summed E-state index contributed by atoms with van der Waals surface area (Å²) in [5.74, 6) is -2.11. The first-order chi connectivity index (χ1) is 15.1. The molecule has 1 aliphatic heterocycles. The Morgan fingerprint density at radius 2 is 1.94 bits per heavy atom. The van der Waals surface area contributed by atoms with E-state index in [9.17, 15) is 18.3 Å². The third kappa shape index (κ3) is 6.97. The van der Waals surface area contributed by atoms with Gasteiger partial charge in [0, 0.05) is 11.4 Å². The van der Waals surface area contributed by atoms with E-state index in [1.165, 1.54) is 54.1 Å². The predicted octanol–water partition coefficient (Wildman–Crippen LogP) is 3.21. The molecule has 0 amide bonds. The number of nitrogens with zero attached hydrogens (tertiary/aromatic N) is 5. The first kappa shape index (κ1) is 24.6. The molecular weight excluding hydrogens is 447 g/mol. The maximum atomic E-state index is 10.6. The van der Waals surface area contributed by atoms with E-state index in [4.69, 9.17) is 14.9 Å². The number of hydrogen-bond acceptors (Lipinski definition) is 7. The molecule has 4 rings (SSSR count). The van der Waals surface area contributed by atoms with Gasteiger partial charge >= 0.3 is 12.1 Å². The second kappa shape index (κ2) is 10.7. The van der Waals surface area contributed by atoms with Crippen molar-refractivity contribution in [1.82, 2.24) is 24.9 Å². The molecule has 0 spiro atoms. The quantitative estimate of drug-likeness (QED) is 0.684. The van der Waals surface area contributed by atoms with E-state index in [-0.39, 0.29) is 0 Å². The molecule has 12 heteroatoms. The standard InChI is InChI=1S/C18H27N5OS.C2HF3O2/c1-13(24)16-11-23(21-20-16)10-14-6-8-22(9-7-14)12-18-19-15-4-2-3-5-17(15)25-18;3-2(4,5)1(6)7/h11,13-14,24H,2-10,12H2,1H3;(H,6,7). The Kier molecular flexibility index (Phi) is 8.23. The number of aromatic nitrogens is 4. The molecule has 1 saturated heterocycles. The van der Waals surface area contributed by atoms with Crippen LogP contribution in [0.2, 0.25) is 0 Å². The highest BCUT2D eigenvalue weighted by atomic mass is 32.1. The summed E-state index contributed by atoms with van der Waals surface area (Å²) in [6, 6.07) is 0. The van der Waals surface area contributed by atoms with Gasteiger partial charge in [-0.15, -0.1) is 16.4 Å². The molecule has 2 aromatic heterocycles. The lowest BCUT2D eigenvalue weighted by Crippen LogP contribution is -2.34. The summed E-state index contributed by atoms with van der Waals surface area (Å²) >= 11 is 1.94. The first-order valence-electron chi connectivity index (χ1n) is 10.7. The monoisotopic (exact) mass is 475 g/mol. The van der Waals surface area contributed by atoms with Crippen LogP contribution in [0.25, 0.3) is 0 Å². The molecule has 3 heterocycles. The molecule has 0 bridgehead atoms. The number of rotatable bonds is 5. The molecule has 32 heavy (non-hydrogen) atoms. The van der Waals surface area contributed by atoms with Crippen LogP contribution in [0, 0.1) is 5.92 Å². The Morgan fingerprint density at radius 3 is 2.50 bits per heavy atom. The van der Waals surface area contributed by atoms with Crippen molar-refractivity contribution in [3.8, 4) is 0 Å². The van der Waals surface area contributed by atoms with Gasteiger partial charge in [-0.05, 0) is 64.5 Å². The fourth-order valence-corrected chi connectivity index (χ4v) is 5.05. The number of aliphatic carboxylic acids is 1. The molecular formula is C20H28F3N5O3S. The van der Waals surface area contributed by atoms with E-state index in [1.807, 2.05) is 22.2 Å². The Bertz CT molecular complexity index is 868. The first-order valence-corrected chi connectivity index (χ1v) is 11.5. The number of alkyl halides is 3. The Morgan fingerprint density at radius 1 is 1.28 bits per heavy atom. The van der Waals surface area contributed by atoms with Crippen LogP contribution in [0.4, 0.5) is 13.2 Å². The topological polar surface area (TPSA) is 104 Å². The highest BCUT2D eigenvalue weighted by Crippen LogP contribution is 2.28. The summed E-state index contributed by atoms with van der Waals surface area (Å²) in [5, 5.41) is 26.2. The van der Waals surface area contributed by atoms with Gasteiger partial charge in [0.2, 0.25) is 0 Å². The number of fused-ring (bicyclic) bond motifs is 1. The van der Waals surface area contributed by atoms with Crippen LogP contribution in [0.5, 0.6) is 0 Å². The summed E-state index contributed by atoms with van der Waals surface area (Å²) in [6.45, 7) is 5.90. The Hall–Kier alpha value is -2.05. The normalized spacial score (nSPS) is 18.5. The smallest absolute Gasteiger partial charge is 0.475 e. The van der Waals surface area contributed by atoms with E-state index < -0.39 is 18.2 Å². The molecule has 1 aliphatic carbocycles. The largest absolute Gasteiger partial charge is 0.490 e. The van der Waals surface area contributed by atoms with Crippen molar-refractivity contribution in [1.29, 1.82) is 0 Å². The number of carboxylic acids is 1. The minimum atomic E-state index is -5.08. The van der Waals surface area contributed by atoms with Crippen molar-refractivity contribution >= 4 is 17.3 Å². The molecule has 2 aromatic rings. The molecule has 1 fully saturated rings. The minimum absolute atomic E-state index is 0.542. The number of halogens is 3. The van der Waals surface area contributed by atoms with Gasteiger partial charge in [0.1, 0.15) is 10.7 Å². The molecule has 2 N–H and O–H groups in total. The Labute approximate surface area is 188 Å². The van der Waals surface area contributed by atoms with Crippen LogP contribution in [-0.2, 0) is 30.7 Å². The second-order valence-corrected chi connectivity index (χ2v) is 9.42. The number of carboxylic acid groups (broad SMARTS) is 1. The van der Waals surface area contributed by atoms with Crippen molar-refractivity contribution in [2.45, 2.75) is 70.8 Å². The van der Waals surface area contributed by atoms with E-state index in [0.717, 1.165) is 26.2 Å². The average Bonchev–Trinajstić information content (AvgIpc) is 3.35. The molecule has 1 atom stereocenters. The van der Waals surface area contributed by atoms with Gasteiger partial charge in [-0.3, -0.25) is 9.58 Å². The Balaban J connectivity index is 0.000000360. The van der Waals surface area contributed by atoms with E-state index in [2.05, 4.69) is 15.2 Å². The number of aliphatic hydroxyl groups excluding tert-OH is 1. The zero-order valence-electron chi connectivity index (χ0n) is 17.9. The number of piperidine rings is 1. The van der Waals surface area contributed by atoms with Crippen molar-refractivity contribution in [3.63, 3.8) is 0 Å². The minimum Gasteiger partial charge on any atom is -0.475 e. The number of aryl methyl sites for hydroxylation is 2. The van der Waals surface area contributed by atoms with Crippen LogP contribution in [0.1, 0.15) is 60.0 Å². The van der Waals surface area contributed by atoms with Crippen LogP contribution in [-0.4, -0.2) is 60.3 Å². The number of likely N-dealkylation sites (tertiary alicyclic amines) is 1. The molecule has 8 nitrogen and oxygen atoms in total. The van der Waals surface area contributed by atoms with Crippen LogP contribution in [0.3, 0.4) is 0 Å². The molecule has 178 valence electrons. The molecule has 0 radical (unpaired) electrons. The molecule has 2 aliphatic rings. The average molecular weight is 476 g/mol. The van der Waals surface area contributed by atoms with E-state index >= 15 is 0 Å². The van der Waals surface area contributed by atoms with Crippen molar-refractivity contribution in [2.24, 2.45) is 5.92 Å². The molecule has 1 unspecified atom stereocenters. The van der Waals surface area contributed by atoms with Crippen LogP contribution >= 0.6 is 11.3 Å². The zero-order valence-corrected chi connectivity index (χ0v) is 18.7. The van der Waals surface area contributed by atoms with Crippen molar-refractivity contribution in [2.75, 3.05) is 13.1 Å². The zero-order chi connectivity index (χ0) is 23.3. The van der Waals surface area contributed by atoms with Crippen LogP contribution in [0.15, 0.2) is 6.20 Å². The number of hydrogen-bond donors (Lipinski definition) is 2. The lowest BCUT2D eigenvalue weighted by Gasteiger charge is -2.31. The number of thiazole rings is 1. The third-order valence-electron chi connectivity index (χ3n) is 5.63. The molecule has 0 aromatic carbocycles. The molecule has 0 saturated carbocycles. The fourth-order valence-electron chi connectivity index (χ4n) is 3.85. The predicted molar refractivity (Wildman–Crippen MR) is 111 cm³/mol. The maximum Gasteiger partial charge on any atom is 0.490 e. The van der Waals surface area contributed by atoms with Gasteiger partial charge in [-0.1, -0.05) is 5.21 Å². The van der Waals surface area contributed by atoms with Gasteiger partial charge in [-0.25, -0.2) is 9.78 Å². The van der Waals surface area contributed by atoms with Gasteiger partial charge in [0.25, 0.3) is 0 Å². The number of aliphatic hydroxyl groups is 1. The van der Waals surface area contributed by atoms with Gasteiger partial charge in [0.05, 0.1) is 24.5 Å². The summed E-state index contributed by atoms with van der Waals surface area (Å²) in [5.41, 5.74) is 2.03. The van der Waals surface area contributed by atoms with E-state index in [1.54, 1.807) is 6.92 Å². The summed E-state index contributed by atoms with van der Waals surface area (Å²) in [6.07, 6.45) is 3.68. The highest BCUT2D eigenvalue weighted by Gasteiger charge is 2.38. The van der Waals surface area contributed by atoms with Crippen LogP contribution < -0.4 is 0 Å². The second-order valence-electron chi connectivity index (χ2n) is 8.25. The number of carbonyl (C=O) groups is 1. The van der Waals surface area contributed by atoms with Crippen molar-refractivity contribution < 1.29 is 28.2 Å². The van der Waals surface area contributed by atoms with Gasteiger partial charge in [-0.2, -0.15) is 13.2 Å². The van der Waals surface area contributed by atoms with Crippen molar-refractivity contribution in [3.05, 3.63) is 27.5 Å².